The number of hydrogen-bond donors (Lipinski definition) is 2. The first kappa shape index (κ1) is 19.4. The van der Waals surface area contributed by atoms with E-state index in [1.54, 1.807) is 6.20 Å². The minimum Gasteiger partial charge on any atom is -0.375 e. The molecule has 27 heavy (non-hydrogen) atoms. The van der Waals surface area contributed by atoms with E-state index in [1.807, 2.05) is 0 Å². The van der Waals surface area contributed by atoms with Gasteiger partial charge in [0.2, 0.25) is 0 Å². The van der Waals surface area contributed by atoms with Crippen molar-refractivity contribution in [1.82, 2.24) is 10.7 Å². The third-order valence-electron chi connectivity index (χ3n) is 6.82. The van der Waals surface area contributed by atoms with E-state index in [-0.39, 0.29) is 17.8 Å². The molecule has 5 nitrogen and oxygen atoms in total. The van der Waals surface area contributed by atoms with Crippen molar-refractivity contribution in [2.75, 3.05) is 13.1 Å². The molecule has 0 amide bonds. The lowest BCUT2D eigenvalue weighted by Crippen LogP contribution is -2.56. The van der Waals surface area contributed by atoms with Crippen LogP contribution in [-0.4, -0.2) is 43.3 Å². The zero-order valence-corrected chi connectivity index (χ0v) is 17.1. The van der Waals surface area contributed by atoms with E-state index in [1.165, 1.54) is 30.5 Å². The molecule has 2 N–H and O–H groups in total. The van der Waals surface area contributed by atoms with Gasteiger partial charge in [-0.05, 0) is 56.6 Å². The van der Waals surface area contributed by atoms with E-state index in [0.29, 0.717) is 29.2 Å². The molecule has 2 atom stereocenters. The number of ether oxygens (including phenoxy) is 1. The molecule has 1 spiro atoms. The first-order valence-electron chi connectivity index (χ1n) is 10.1. The second-order valence-corrected chi connectivity index (χ2v) is 8.72. The molecule has 0 aromatic carbocycles. The molecule has 3 aliphatic heterocycles. The van der Waals surface area contributed by atoms with Gasteiger partial charge in [0.15, 0.2) is 0 Å². The van der Waals surface area contributed by atoms with Crippen LogP contribution in [0.25, 0.3) is 0 Å². The van der Waals surface area contributed by atoms with Crippen LogP contribution in [-0.2, 0) is 4.74 Å². The highest BCUT2D eigenvalue weighted by Gasteiger charge is 2.53. The monoisotopic (exact) mass is 410 g/mol. The van der Waals surface area contributed by atoms with Crippen molar-refractivity contribution in [2.45, 2.75) is 63.2 Å². The molecule has 3 heterocycles. The van der Waals surface area contributed by atoms with Crippen LogP contribution < -0.4 is 10.7 Å². The second kappa shape index (κ2) is 7.86. The van der Waals surface area contributed by atoms with Crippen LogP contribution in [0, 0.1) is 11.3 Å². The van der Waals surface area contributed by atoms with Crippen LogP contribution in [0.1, 0.15) is 44.9 Å². The van der Waals surface area contributed by atoms with E-state index in [9.17, 15) is 0 Å². The molecule has 2 aliphatic carbocycles. The fourth-order valence-corrected chi connectivity index (χ4v) is 5.36. The Bertz CT molecular complexity index is 692. The average molecular weight is 411 g/mol. The maximum atomic E-state index is 6.31. The minimum atomic E-state index is -0.218. The summed E-state index contributed by atoms with van der Waals surface area (Å²) in [5.74, 6) is 0.484. The number of allylic oxidation sites excluding steroid dienone is 2. The van der Waals surface area contributed by atoms with Crippen LogP contribution in [0.15, 0.2) is 33.0 Å². The molecule has 1 saturated heterocycles. The Kier molecular flexibility index (Phi) is 5.66. The Morgan fingerprint density at radius 3 is 2.63 bits per heavy atom. The van der Waals surface area contributed by atoms with Crippen molar-refractivity contribution < 1.29 is 4.74 Å². The molecule has 5 rings (SSSR count). The van der Waals surface area contributed by atoms with E-state index in [2.05, 4.69) is 28.0 Å². The molecule has 0 bridgehead atoms. The minimum absolute atomic E-state index is 0. The number of nitrogens with one attached hydrogen (secondary N) is 2. The van der Waals surface area contributed by atoms with Crippen LogP contribution in [0.4, 0.5) is 0 Å². The first-order chi connectivity index (χ1) is 12.8. The van der Waals surface area contributed by atoms with Crippen molar-refractivity contribution in [3.63, 3.8) is 0 Å². The van der Waals surface area contributed by atoms with Crippen LogP contribution in [0.2, 0.25) is 0 Å². The number of hydrogen-bond acceptors (Lipinski definition) is 5. The van der Waals surface area contributed by atoms with E-state index < -0.39 is 0 Å². The molecule has 3 fully saturated rings. The van der Waals surface area contributed by atoms with Gasteiger partial charge in [-0.25, -0.2) is 0 Å². The summed E-state index contributed by atoms with van der Waals surface area (Å²) in [4.78, 5) is 4.54. The van der Waals surface area contributed by atoms with Gasteiger partial charge in [-0.1, -0.05) is 11.6 Å². The lowest BCUT2D eigenvalue weighted by molar-refractivity contribution is -0.0670. The summed E-state index contributed by atoms with van der Waals surface area (Å²) >= 11 is 6.31. The zero-order chi connectivity index (χ0) is 17.6. The fourth-order valence-electron chi connectivity index (χ4n) is 5.17. The van der Waals surface area contributed by atoms with E-state index >= 15 is 0 Å². The van der Waals surface area contributed by atoms with Crippen LogP contribution in [0.5, 0.6) is 0 Å². The van der Waals surface area contributed by atoms with Crippen molar-refractivity contribution in [1.29, 1.82) is 0 Å². The van der Waals surface area contributed by atoms with Crippen molar-refractivity contribution >= 4 is 35.9 Å². The number of nitrogens with zero attached hydrogens (tertiary/aromatic N) is 2. The lowest BCUT2D eigenvalue weighted by Gasteiger charge is -2.42. The second-order valence-electron chi connectivity index (χ2n) is 8.29. The van der Waals surface area contributed by atoms with Gasteiger partial charge in [-0.2, -0.15) is 5.10 Å². The molecular weight excluding hydrogens is 383 g/mol. The SMILES string of the molecule is Cl.ClC1=CN=C[C@]23C(=C1)CN[C@@H]2CNN=C3C1CCC(OC2CCC2)CC1. The normalized spacial score (nSPS) is 38.1. The Morgan fingerprint density at radius 2 is 1.89 bits per heavy atom. The molecule has 7 heteroatoms. The molecule has 0 aromatic heterocycles. The van der Waals surface area contributed by atoms with Crippen molar-refractivity contribution in [3.8, 4) is 0 Å². The maximum Gasteiger partial charge on any atom is 0.0854 e. The van der Waals surface area contributed by atoms with Crippen LogP contribution >= 0.6 is 24.0 Å². The van der Waals surface area contributed by atoms with Gasteiger partial charge < -0.3 is 15.5 Å². The average Bonchev–Trinajstić information content (AvgIpc) is 2.88. The fraction of sp³-hybridized carbons (Fsp3) is 0.700. The molecule has 0 radical (unpaired) electrons. The zero-order valence-electron chi connectivity index (χ0n) is 15.5. The topological polar surface area (TPSA) is 58.0 Å². The van der Waals surface area contributed by atoms with Crippen molar-refractivity contribution in [2.24, 2.45) is 21.4 Å². The summed E-state index contributed by atoms with van der Waals surface area (Å²) in [7, 11) is 0. The summed E-state index contributed by atoms with van der Waals surface area (Å²) in [5.41, 5.74) is 5.61. The Balaban J connectivity index is 0.00000180. The largest absolute Gasteiger partial charge is 0.375 e. The van der Waals surface area contributed by atoms with Crippen molar-refractivity contribution in [3.05, 3.63) is 22.9 Å². The summed E-state index contributed by atoms with van der Waals surface area (Å²) in [5, 5.41) is 9.18. The molecule has 0 aromatic rings. The highest BCUT2D eigenvalue weighted by atomic mass is 35.5. The Morgan fingerprint density at radius 1 is 1.11 bits per heavy atom. The Hall–Kier alpha value is -0.880. The molecule has 0 unspecified atom stereocenters. The van der Waals surface area contributed by atoms with Gasteiger partial charge in [0.05, 0.1) is 28.4 Å². The summed E-state index contributed by atoms with van der Waals surface area (Å²) in [6.07, 6.45) is 15.3. The van der Waals surface area contributed by atoms with Gasteiger partial charge in [0.1, 0.15) is 0 Å². The van der Waals surface area contributed by atoms with Crippen LogP contribution in [0.3, 0.4) is 0 Å². The summed E-state index contributed by atoms with van der Waals surface area (Å²) in [6.45, 7) is 1.67. The van der Waals surface area contributed by atoms with Gasteiger partial charge in [0.25, 0.3) is 0 Å². The van der Waals surface area contributed by atoms with Gasteiger partial charge in [-0.3, -0.25) is 4.99 Å². The molecule has 148 valence electrons. The molecular formula is C20H28Cl2N4O. The van der Waals surface area contributed by atoms with Gasteiger partial charge in [-0.15, -0.1) is 12.4 Å². The number of hydrazone groups is 1. The predicted octanol–water partition coefficient (Wildman–Crippen LogP) is 3.54. The van der Waals surface area contributed by atoms with Gasteiger partial charge in [0, 0.05) is 37.5 Å². The van der Waals surface area contributed by atoms with E-state index in [4.69, 9.17) is 21.4 Å². The first-order valence-corrected chi connectivity index (χ1v) is 10.4. The predicted molar refractivity (Wildman–Crippen MR) is 112 cm³/mol. The lowest BCUT2D eigenvalue weighted by atomic mass is 9.66. The molecule has 2 saturated carbocycles. The summed E-state index contributed by atoms with van der Waals surface area (Å²) in [6, 6.07) is 0.296. The highest BCUT2D eigenvalue weighted by Crippen LogP contribution is 2.45. The standard InChI is InChI=1S/C20H27ClN4O.ClH/c21-15-8-14-9-23-18-11-24-25-19(20(14,18)12-22-10-15)13-4-6-17(7-5-13)26-16-2-1-3-16;/h8,10,12-13,16-18,23-24H,1-7,9,11H2;1H/t13?,17?,18-,20+;/m1./s1. The van der Waals surface area contributed by atoms with E-state index in [0.717, 1.165) is 38.8 Å². The Labute approximate surface area is 172 Å². The number of halogens is 2. The third kappa shape index (κ3) is 3.37. The number of aliphatic imine (C=N–C) groups is 1. The summed E-state index contributed by atoms with van der Waals surface area (Å²) < 4.78 is 6.26. The number of rotatable bonds is 3. The third-order valence-corrected chi connectivity index (χ3v) is 7.03. The quantitative estimate of drug-likeness (QED) is 0.747. The maximum absolute atomic E-state index is 6.31. The highest BCUT2D eigenvalue weighted by molar-refractivity contribution is 6.31. The smallest absolute Gasteiger partial charge is 0.0854 e. The molecule has 5 aliphatic rings. The van der Waals surface area contributed by atoms with Gasteiger partial charge >= 0.3 is 0 Å².